The molecular formula is C18H20N4O4. The maximum atomic E-state index is 12.0. The number of amides is 1. The molecule has 0 spiro atoms. The number of carbonyl (C=O) groups excluding carboxylic acids is 1. The lowest BCUT2D eigenvalue weighted by Crippen LogP contribution is -2.27. The summed E-state index contributed by atoms with van der Waals surface area (Å²) in [6, 6.07) is 7.17. The van der Waals surface area contributed by atoms with Gasteiger partial charge >= 0.3 is 0 Å². The Hall–Kier alpha value is -3.47. The average Bonchev–Trinajstić information content (AvgIpc) is 3.08. The second-order valence-corrected chi connectivity index (χ2v) is 5.59. The van der Waals surface area contributed by atoms with Gasteiger partial charge in [0.05, 0.1) is 14.2 Å². The summed E-state index contributed by atoms with van der Waals surface area (Å²) >= 11 is 0. The van der Waals surface area contributed by atoms with E-state index in [1.807, 2.05) is 19.9 Å². The summed E-state index contributed by atoms with van der Waals surface area (Å²) in [6.07, 6.45) is 2.93. The number of aromatic nitrogens is 1. The van der Waals surface area contributed by atoms with E-state index in [-0.39, 0.29) is 17.5 Å². The van der Waals surface area contributed by atoms with Gasteiger partial charge < -0.3 is 13.9 Å². The third kappa shape index (κ3) is 4.77. The van der Waals surface area contributed by atoms with Crippen LogP contribution < -0.4 is 20.3 Å². The Morgan fingerprint density at radius 1 is 1.27 bits per heavy atom. The number of ether oxygens (including phenoxy) is 2. The van der Waals surface area contributed by atoms with Gasteiger partial charge in [-0.15, -0.1) is 0 Å². The third-order valence-electron chi connectivity index (χ3n) is 3.34. The number of rotatable bonds is 7. The molecule has 1 heterocycles. The van der Waals surface area contributed by atoms with Crippen LogP contribution in [0.4, 0.5) is 5.88 Å². The van der Waals surface area contributed by atoms with Gasteiger partial charge in [-0.3, -0.25) is 15.6 Å². The number of oxazole rings is 1. The Labute approximate surface area is 151 Å². The molecule has 26 heavy (non-hydrogen) atoms. The fraction of sp³-hybridized carbons (Fsp3) is 0.278. The molecule has 0 aliphatic carbocycles. The van der Waals surface area contributed by atoms with Crippen LogP contribution in [0.3, 0.4) is 0 Å². The molecule has 2 rings (SSSR count). The van der Waals surface area contributed by atoms with Crippen LogP contribution >= 0.6 is 0 Å². The van der Waals surface area contributed by atoms with Crippen molar-refractivity contribution in [2.75, 3.05) is 19.6 Å². The smallest absolute Gasteiger partial charge is 0.262 e. The second-order valence-electron chi connectivity index (χ2n) is 5.59. The monoisotopic (exact) mass is 356 g/mol. The van der Waals surface area contributed by atoms with Crippen LogP contribution in [0.2, 0.25) is 0 Å². The van der Waals surface area contributed by atoms with Crippen LogP contribution in [0.15, 0.2) is 28.7 Å². The van der Waals surface area contributed by atoms with Gasteiger partial charge in [-0.25, -0.2) is 4.98 Å². The summed E-state index contributed by atoms with van der Waals surface area (Å²) in [4.78, 5) is 16.0. The minimum atomic E-state index is -0.432. The lowest BCUT2D eigenvalue weighted by molar-refractivity contribution is -0.116. The van der Waals surface area contributed by atoms with Crippen LogP contribution in [0, 0.1) is 11.3 Å². The molecule has 136 valence electrons. The molecule has 2 aromatic rings. The molecule has 8 heteroatoms. The first kappa shape index (κ1) is 18.9. The van der Waals surface area contributed by atoms with Crippen molar-refractivity contribution in [1.29, 1.82) is 5.26 Å². The number of methoxy groups -OCH3 is 2. The number of nitrogens with one attached hydrogen (secondary N) is 2. The number of benzene rings is 1. The molecule has 0 aliphatic heterocycles. The van der Waals surface area contributed by atoms with Gasteiger partial charge in [-0.1, -0.05) is 13.8 Å². The maximum Gasteiger partial charge on any atom is 0.262 e. The van der Waals surface area contributed by atoms with Gasteiger partial charge in [-0.2, -0.15) is 5.26 Å². The number of carbonyl (C=O) groups is 1. The van der Waals surface area contributed by atoms with E-state index in [9.17, 15) is 4.79 Å². The molecule has 0 unspecified atom stereocenters. The number of nitriles is 1. The zero-order chi connectivity index (χ0) is 19.1. The lowest BCUT2D eigenvalue weighted by atomic mass is 10.2. The summed E-state index contributed by atoms with van der Waals surface area (Å²) < 4.78 is 15.8. The predicted molar refractivity (Wildman–Crippen MR) is 95.7 cm³/mol. The molecular weight excluding hydrogens is 336 g/mol. The van der Waals surface area contributed by atoms with Crippen molar-refractivity contribution < 1.29 is 18.7 Å². The van der Waals surface area contributed by atoms with Crippen molar-refractivity contribution in [3.05, 3.63) is 41.4 Å². The first-order chi connectivity index (χ1) is 12.5. The SMILES string of the molecule is COc1cc(C=CC(=O)NNc2oc(C(C)C)nc2C#N)cc(OC)c1. The normalized spacial score (nSPS) is 10.6. The number of hydrogen-bond acceptors (Lipinski definition) is 7. The van der Waals surface area contributed by atoms with Crippen LogP contribution in [-0.2, 0) is 4.79 Å². The molecule has 8 nitrogen and oxygen atoms in total. The van der Waals surface area contributed by atoms with Crippen LogP contribution in [0.25, 0.3) is 6.08 Å². The van der Waals surface area contributed by atoms with Crippen molar-refractivity contribution in [2.24, 2.45) is 0 Å². The lowest BCUT2D eigenvalue weighted by Gasteiger charge is -2.06. The fourth-order valence-electron chi connectivity index (χ4n) is 2.00. The number of hydrazine groups is 1. The van der Waals surface area contributed by atoms with Crippen LogP contribution in [0.1, 0.15) is 36.9 Å². The van der Waals surface area contributed by atoms with E-state index >= 15 is 0 Å². The summed E-state index contributed by atoms with van der Waals surface area (Å²) in [5, 5.41) is 9.07. The van der Waals surface area contributed by atoms with Crippen molar-refractivity contribution in [2.45, 2.75) is 19.8 Å². The minimum Gasteiger partial charge on any atom is -0.497 e. The van der Waals surface area contributed by atoms with E-state index in [2.05, 4.69) is 15.8 Å². The van der Waals surface area contributed by atoms with Crippen LogP contribution in [-0.4, -0.2) is 25.1 Å². The van der Waals surface area contributed by atoms with Crippen molar-refractivity contribution >= 4 is 17.9 Å². The molecule has 0 saturated heterocycles. The van der Waals surface area contributed by atoms with E-state index in [1.165, 1.54) is 6.08 Å². The highest BCUT2D eigenvalue weighted by Gasteiger charge is 2.15. The van der Waals surface area contributed by atoms with E-state index in [4.69, 9.17) is 19.2 Å². The number of hydrogen-bond donors (Lipinski definition) is 2. The predicted octanol–water partition coefficient (Wildman–Crippen LogP) is 2.84. The van der Waals surface area contributed by atoms with E-state index in [1.54, 1.807) is 38.5 Å². The molecule has 1 amide bonds. The molecule has 0 bridgehead atoms. The average molecular weight is 356 g/mol. The molecule has 1 aromatic heterocycles. The van der Waals surface area contributed by atoms with Gasteiger partial charge in [0.25, 0.3) is 11.8 Å². The van der Waals surface area contributed by atoms with Gasteiger partial charge in [0.2, 0.25) is 11.6 Å². The number of nitrogens with zero attached hydrogens (tertiary/aromatic N) is 2. The van der Waals surface area contributed by atoms with Gasteiger partial charge in [0, 0.05) is 18.1 Å². The highest BCUT2D eigenvalue weighted by Crippen LogP contribution is 2.23. The first-order valence-electron chi connectivity index (χ1n) is 7.84. The van der Waals surface area contributed by atoms with Crippen LogP contribution in [0.5, 0.6) is 11.5 Å². The van der Waals surface area contributed by atoms with Crippen molar-refractivity contribution in [3.8, 4) is 17.6 Å². The van der Waals surface area contributed by atoms with Gasteiger partial charge in [0.15, 0.2) is 0 Å². The Bertz CT molecular complexity index is 827. The Morgan fingerprint density at radius 3 is 2.46 bits per heavy atom. The Kier molecular flexibility index (Phi) is 6.22. The standard InChI is InChI=1S/C18H20N4O4/c1-11(2)17-20-15(10-19)18(26-17)22-21-16(23)6-5-12-7-13(24-3)9-14(8-12)25-4/h5-9,11,22H,1-4H3,(H,21,23). The highest BCUT2D eigenvalue weighted by molar-refractivity contribution is 5.92. The fourth-order valence-corrected chi connectivity index (χ4v) is 2.00. The third-order valence-corrected chi connectivity index (χ3v) is 3.34. The van der Waals surface area contributed by atoms with Gasteiger partial charge in [-0.05, 0) is 23.8 Å². The summed E-state index contributed by atoms with van der Waals surface area (Å²) in [6.45, 7) is 3.78. The number of anilines is 1. The second kappa shape index (κ2) is 8.58. The Morgan fingerprint density at radius 2 is 1.92 bits per heavy atom. The Balaban J connectivity index is 2.03. The maximum absolute atomic E-state index is 12.0. The zero-order valence-electron chi connectivity index (χ0n) is 15.0. The summed E-state index contributed by atoms with van der Waals surface area (Å²) in [5.74, 6) is 1.33. The quantitative estimate of drug-likeness (QED) is 0.580. The molecule has 0 radical (unpaired) electrons. The largest absolute Gasteiger partial charge is 0.497 e. The van der Waals surface area contributed by atoms with E-state index in [0.29, 0.717) is 17.4 Å². The first-order valence-corrected chi connectivity index (χ1v) is 7.84. The summed E-state index contributed by atoms with van der Waals surface area (Å²) in [7, 11) is 3.10. The molecule has 1 aromatic carbocycles. The summed E-state index contributed by atoms with van der Waals surface area (Å²) in [5.41, 5.74) is 5.81. The minimum absolute atomic E-state index is 0.0243. The van der Waals surface area contributed by atoms with E-state index < -0.39 is 5.91 Å². The van der Waals surface area contributed by atoms with Crippen molar-refractivity contribution in [3.63, 3.8) is 0 Å². The molecule has 0 saturated carbocycles. The zero-order valence-corrected chi connectivity index (χ0v) is 15.0. The molecule has 0 atom stereocenters. The highest BCUT2D eigenvalue weighted by atomic mass is 16.5. The molecule has 0 aliphatic rings. The van der Waals surface area contributed by atoms with Gasteiger partial charge in [0.1, 0.15) is 17.6 Å². The molecule has 2 N–H and O–H groups in total. The molecule has 0 fully saturated rings. The van der Waals surface area contributed by atoms with Crippen molar-refractivity contribution in [1.82, 2.24) is 10.4 Å². The van der Waals surface area contributed by atoms with E-state index in [0.717, 1.165) is 5.56 Å². The topological polar surface area (TPSA) is 109 Å².